The third kappa shape index (κ3) is 6.36. The first-order valence-electron chi connectivity index (χ1n) is 12.2. The lowest BCUT2D eigenvalue weighted by atomic mass is 9.89. The Labute approximate surface area is 218 Å². The van der Waals surface area contributed by atoms with Gasteiger partial charge in [0.1, 0.15) is 29.7 Å². The van der Waals surface area contributed by atoms with Crippen molar-refractivity contribution in [1.82, 2.24) is 5.32 Å². The molecule has 1 atom stereocenters. The Balaban J connectivity index is 1.43. The topological polar surface area (TPSA) is 71.3 Å². The van der Waals surface area contributed by atoms with Gasteiger partial charge in [-0.25, -0.2) is 0 Å². The minimum Gasteiger partial charge on any atom is -0.497 e. The number of nitrogens with zero attached hydrogens (tertiary/aromatic N) is 1. The van der Waals surface area contributed by atoms with Crippen LogP contribution in [0.15, 0.2) is 113 Å². The molecule has 4 rings (SSSR count). The second-order valence-corrected chi connectivity index (χ2v) is 9.00. The highest BCUT2D eigenvalue weighted by molar-refractivity contribution is 5.98. The number of carbonyl (C=O) groups excluding carboxylic acids is 1. The number of ether oxygens (including phenoxy) is 2. The number of rotatable bonds is 9. The molecule has 1 aliphatic rings. The highest BCUT2D eigenvalue weighted by atomic mass is 16.5. The van der Waals surface area contributed by atoms with Crippen LogP contribution in [0.2, 0.25) is 0 Å². The van der Waals surface area contributed by atoms with Crippen molar-refractivity contribution in [1.29, 1.82) is 5.26 Å². The van der Waals surface area contributed by atoms with Gasteiger partial charge in [-0.3, -0.25) is 4.79 Å². The SMILES string of the molecule is COc1ccc(CNC(=O)/C(C#N)=C\C2=C(C)[C@H](c3ccc(OCc4ccccc4)cc3)C(C)=C2)cc1. The van der Waals surface area contributed by atoms with Gasteiger partial charge in [-0.2, -0.15) is 5.26 Å². The number of carbonyl (C=O) groups is 1. The molecule has 3 aromatic carbocycles. The number of methoxy groups -OCH3 is 1. The van der Waals surface area contributed by atoms with Crippen molar-refractivity contribution in [2.24, 2.45) is 0 Å². The zero-order valence-corrected chi connectivity index (χ0v) is 21.3. The molecule has 0 heterocycles. The molecule has 0 spiro atoms. The predicted molar refractivity (Wildman–Crippen MR) is 145 cm³/mol. The van der Waals surface area contributed by atoms with Crippen LogP contribution < -0.4 is 14.8 Å². The lowest BCUT2D eigenvalue weighted by molar-refractivity contribution is -0.117. The van der Waals surface area contributed by atoms with Crippen LogP contribution in [-0.4, -0.2) is 13.0 Å². The van der Waals surface area contributed by atoms with E-state index < -0.39 is 5.91 Å². The van der Waals surface area contributed by atoms with Gasteiger partial charge in [0.15, 0.2) is 0 Å². The second-order valence-electron chi connectivity index (χ2n) is 9.00. The highest BCUT2D eigenvalue weighted by Gasteiger charge is 2.24. The maximum absolute atomic E-state index is 12.7. The van der Waals surface area contributed by atoms with E-state index in [2.05, 4.69) is 30.4 Å². The molecule has 0 saturated heterocycles. The van der Waals surface area contributed by atoms with Gasteiger partial charge in [0.25, 0.3) is 5.91 Å². The Hall–Kier alpha value is -4.56. The first-order valence-corrected chi connectivity index (χ1v) is 12.2. The van der Waals surface area contributed by atoms with Gasteiger partial charge in [-0.1, -0.05) is 71.8 Å². The largest absolute Gasteiger partial charge is 0.497 e. The summed E-state index contributed by atoms with van der Waals surface area (Å²) in [6, 6.07) is 27.7. The van der Waals surface area contributed by atoms with Crippen molar-refractivity contribution >= 4 is 5.91 Å². The van der Waals surface area contributed by atoms with Crippen LogP contribution in [0.25, 0.3) is 0 Å². The molecule has 0 aromatic heterocycles. The molecule has 0 radical (unpaired) electrons. The van der Waals surface area contributed by atoms with Gasteiger partial charge >= 0.3 is 0 Å². The number of nitrogens with one attached hydrogen (secondary N) is 1. The van der Waals surface area contributed by atoms with Crippen molar-refractivity contribution < 1.29 is 14.3 Å². The summed E-state index contributed by atoms with van der Waals surface area (Å²) in [7, 11) is 1.61. The Morgan fingerprint density at radius 3 is 2.27 bits per heavy atom. The molecule has 5 heteroatoms. The first-order chi connectivity index (χ1) is 18.0. The molecule has 0 saturated carbocycles. The van der Waals surface area contributed by atoms with Gasteiger partial charge in [0, 0.05) is 12.5 Å². The molecule has 5 nitrogen and oxygen atoms in total. The molecule has 1 aliphatic carbocycles. The number of benzene rings is 3. The maximum Gasteiger partial charge on any atom is 0.262 e. The number of allylic oxidation sites excluding steroid dienone is 5. The van der Waals surface area contributed by atoms with Crippen LogP contribution in [0.5, 0.6) is 11.5 Å². The van der Waals surface area contributed by atoms with Gasteiger partial charge in [-0.15, -0.1) is 0 Å². The molecule has 0 bridgehead atoms. The molecule has 37 heavy (non-hydrogen) atoms. The summed E-state index contributed by atoms with van der Waals surface area (Å²) in [5.74, 6) is 1.27. The quantitative estimate of drug-likeness (QED) is 0.278. The molecule has 1 N–H and O–H groups in total. The van der Waals surface area contributed by atoms with Crippen LogP contribution in [0.3, 0.4) is 0 Å². The van der Waals surface area contributed by atoms with Gasteiger partial charge < -0.3 is 14.8 Å². The van der Waals surface area contributed by atoms with E-state index in [1.807, 2.05) is 79.7 Å². The summed E-state index contributed by atoms with van der Waals surface area (Å²) >= 11 is 0. The summed E-state index contributed by atoms with van der Waals surface area (Å²) in [6.07, 6.45) is 3.73. The Morgan fingerprint density at radius 1 is 0.946 bits per heavy atom. The summed E-state index contributed by atoms with van der Waals surface area (Å²) in [6.45, 7) is 4.97. The van der Waals surface area contributed by atoms with Crippen LogP contribution in [0.4, 0.5) is 0 Å². The molecule has 0 unspecified atom stereocenters. The monoisotopic (exact) mass is 490 g/mol. The maximum atomic E-state index is 12.7. The fourth-order valence-electron chi connectivity index (χ4n) is 4.44. The predicted octanol–water partition coefficient (Wildman–Crippen LogP) is 6.40. The molecular weight excluding hydrogens is 460 g/mol. The van der Waals surface area contributed by atoms with Crippen molar-refractivity contribution in [3.63, 3.8) is 0 Å². The minimum absolute atomic E-state index is 0.0808. The first kappa shape index (κ1) is 25.5. The fraction of sp³-hybridized carbons (Fsp3) is 0.188. The normalized spacial score (nSPS) is 15.1. The zero-order valence-electron chi connectivity index (χ0n) is 21.3. The standard InChI is InChI=1S/C32H30N2O3/c1-22-17-27(18-28(19-33)32(35)34-20-24-9-13-29(36-3)14-10-24)23(2)31(22)26-11-15-30(16-12-26)37-21-25-7-5-4-6-8-25/h4-18,31H,20-21H2,1-3H3,(H,34,35)/b28-18-/t31-/m1/s1. The van der Waals surface area contributed by atoms with Gasteiger partial charge in [0.2, 0.25) is 0 Å². The van der Waals surface area contributed by atoms with Crippen molar-refractivity contribution in [2.75, 3.05) is 7.11 Å². The third-order valence-corrected chi connectivity index (χ3v) is 6.47. The van der Waals surface area contributed by atoms with E-state index in [-0.39, 0.29) is 11.5 Å². The molecule has 0 aliphatic heterocycles. The lowest BCUT2D eigenvalue weighted by Crippen LogP contribution is -2.24. The van der Waals surface area contributed by atoms with Crippen LogP contribution in [-0.2, 0) is 17.9 Å². The number of hydrogen-bond acceptors (Lipinski definition) is 4. The summed E-state index contributed by atoms with van der Waals surface area (Å²) in [5, 5.41) is 12.5. The van der Waals surface area contributed by atoms with E-state index in [1.54, 1.807) is 13.2 Å². The average molecular weight is 491 g/mol. The Bertz CT molecular complexity index is 1380. The fourth-order valence-corrected chi connectivity index (χ4v) is 4.44. The zero-order chi connectivity index (χ0) is 26.2. The van der Waals surface area contributed by atoms with E-state index in [4.69, 9.17) is 9.47 Å². The summed E-state index contributed by atoms with van der Waals surface area (Å²) < 4.78 is 11.1. The van der Waals surface area contributed by atoms with Crippen LogP contribution in [0.1, 0.15) is 36.5 Å². The Morgan fingerprint density at radius 2 is 1.62 bits per heavy atom. The van der Waals surface area contributed by atoms with Crippen molar-refractivity contribution in [3.05, 3.63) is 130 Å². The van der Waals surface area contributed by atoms with E-state index in [0.717, 1.165) is 44.9 Å². The molecule has 186 valence electrons. The van der Waals surface area contributed by atoms with E-state index in [9.17, 15) is 10.1 Å². The second kappa shape index (κ2) is 11.9. The van der Waals surface area contributed by atoms with E-state index in [0.29, 0.717) is 13.2 Å². The molecule has 0 fully saturated rings. The molecule has 3 aromatic rings. The van der Waals surface area contributed by atoms with Gasteiger partial charge in [-0.05, 0) is 66.5 Å². The number of nitriles is 1. The highest BCUT2D eigenvalue weighted by Crippen LogP contribution is 2.40. The average Bonchev–Trinajstić information content (AvgIpc) is 3.22. The smallest absolute Gasteiger partial charge is 0.262 e. The van der Waals surface area contributed by atoms with Crippen molar-refractivity contribution in [3.8, 4) is 17.6 Å². The van der Waals surface area contributed by atoms with E-state index in [1.165, 1.54) is 0 Å². The minimum atomic E-state index is -0.395. The van der Waals surface area contributed by atoms with Crippen LogP contribution >= 0.6 is 0 Å². The van der Waals surface area contributed by atoms with Crippen molar-refractivity contribution in [2.45, 2.75) is 32.9 Å². The lowest BCUT2D eigenvalue weighted by Gasteiger charge is -2.16. The number of hydrogen-bond donors (Lipinski definition) is 1. The summed E-state index contributed by atoms with van der Waals surface area (Å²) in [5.41, 5.74) is 6.43. The van der Waals surface area contributed by atoms with Crippen LogP contribution in [0, 0.1) is 11.3 Å². The molecular formula is C32H30N2O3. The number of amides is 1. The third-order valence-electron chi connectivity index (χ3n) is 6.47. The Kier molecular flexibility index (Phi) is 8.22. The van der Waals surface area contributed by atoms with E-state index >= 15 is 0 Å². The molecule has 1 amide bonds. The van der Waals surface area contributed by atoms with Gasteiger partial charge in [0.05, 0.1) is 7.11 Å². The summed E-state index contributed by atoms with van der Waals surface area (Å²) in [4.78, 5) is 12.7.